The Morgan fingerprint density at radius 2 is 2.47 bits per heavy atom. The zero-order valence-corrected chi connectivity index (χ0v) is 8.97. The minimum absolute atomic E-state index is 0.166. The van der Waals surface area contributed by atoms with E-state index in [9.17, 15) is 9.59 Å². The predicted octanol–water partition coefficient (Wildman–Crippen LogP) is 0.00730. The molecule has 0 aliphatic carbocycles. The monoisotopic (exact) mass is 229 g/mol. The van der Waals surface area contributed by atoms with E-state index < -0.39 is 0 Å². The number of nitrogens with zero attached hydrogens (tertiary/aromatic N) is 1. The minimum Gasteiger partial charge on any atom is -0.469 e. The van der Waals surface area contributed by atoms with Gasteiger partial charge in [-0.3, -0.25) is 9.59 Å². The van der Waals surface area contributed by atoms with Crippen LogP contribution in [0.25, 0.3) is 0 Å². The molecule has 1 heterocycles. The molecule has 15 heavy (non-hydrogen) atoms. The van der Waals surface area contributed by atoms with Crippen molar-refractivity contribution in [2.45, 2.75) is 11.6 Å². The third-order valence-electron chi connectivity index (χ3n) is 1.51. The smallest absolute Gasteiger partial charge is 0.306 e. The molecule has 0 saturated carbocycles. The van der Waals surface area contributed by atoms with Crippen LogP contribution >= 0.6 is 11.8 Å². The fourth-order valence-corrected chi connectivity index (χ4v) is 1.66. The average molecular weight is 229 g/mol. The molecular formula is C8H11N3O3S. The van der Waals surface area contributed by atoms with Crippen LogP contribution in [0.2, 0.25) is 0 Å². The number of nitrogen functional groups attached to an aromatic ring is 1. The van der Waals surface area contributed by atoms with Gasteiger partial charge in [0.1, 0.15) is 5.82 Å². The first-order valence-corrected chi connectivity index (χ1v) is 5.17. The van der Waals surface area contributed by atoms with Gasteiger partial charge in [0, 0.05) is 11.8 Å². The van der Waals surface area contributed by atoms with Crippen LogP contribution in [0, 0.1) is 0 Å². The highest BCUT2D eigenvalue weighted by atomic mass is 32.2. The topological polar surface area (TPSA) is 98.1 Å². The van der Waals surface area contributed by atoms with E-state index >= 15 is 0 Å². The van der Waals surface area contributed by atoms with Gasteiger partial charge in [-0.2, -0.15) is 0 Å². The average Bonchev–Trinajstić information content (AvgIpc) is 2.16. The summed E-state index contributed by atoms with van der Waals surface area (Å²) < 4.78 is 4.47. The molecule has 82 valence electrons. The highest BCUT2D eigenvalue weighted by molar-refractivity contribution is 7.99. The summed E-state index contributed by atoms with van der Waals surface area (Å²) in [6.45, 7) is 0. The standard InChI is InChI=1S/C8H11N3O3S/c1-14-7(13)2-3-15-8-10-5(9)4-6(12)11-8/h4H,2-3H2,1H3,(H3,9,10,11,12). The number of rotatable bonds is 4. The number of anilines is 1. The lowest BCUT2D eigenvalue weighted by molar-refractivity contribution is -0.140. The summed E-state index contributed by atoms with van der Waals surface area (Å²) in [4.78, 5) is 28.2. The van der Waals surface area contributed by atoms with Crippen LogP contribution in [0.1, 0.15) is 6.42 Å². The van der Waals surface area contributed by atoms with Crippen LogP contribution < -0.4 is 11.3 Å². The Kier molecular flexibility index (Phi) is 4.17. The first kappa shape index (κ1) is 11.6. The summed E-state index contributed by atoms with van der Waals surface area (Å²) in [7, 11) is 1.33. The van der Waals surface area contributed by atoms with Crippen molar-refractivity contribution < 1.29 is 9.53 Å². The SMILES string of the molecule is COC(=O)CCSc1nc(N)cc(=O)[nH]1. The molecule has 0 spiro atoms. The van der Waals surface area contributed by atoms with Crippen molar-refractivity contribution in [1.29, 1.82) is 0 Å². The molecule has 3 N–H and O–H groups in total. The summed E-state index contributed by atoms with van der Waals surface area (Å²) in [5.74, 6) is 0.354. The van der Waals surface area contributed by atoms with Crippen molar-refractivity contribution in [3.8, 4) is 0 Å². The quantitative estimate of drug-likeness (QED) is 0.428. The van der Waals surface area contributed by atoms with Crippen LogP contribution in [0.5, 0.6) is 0 Å². The minimum atomic E-state index is -0.303. The molecule has 6 nitrogen and oxygen atoms in total. The number of methoxy groups -OCH3 is 1. The fraction of sp³-hybridized carbons (Fsp3) is 0.375. The van der Waals surface area contributed by atoms with Crippen LogP contribution in [-0.4, -0.2) is 28.8 Å². The van der Waals surface area contributed by atoms with Crippen LogP contribution in [0.3, 0.4) is 0 Å². The highest BCUT2D eigenvalue weighted by Gasteiger charge is 2.03. The zero-order chi connectivity index (χ0) is 11.3. The number of nitrogens with two attached hydrogens (primary N) is 1. The Labute approximate surface area is 90.2 Å². The number of carbonyl (C=O) groups excluding carboxylic acids is 1. The second-order valence-corrected chi connectivity index (χ2v) is 3.73. The highest BCUT2D eigenvalue weighted by Crippen LogP contribution is 2.12. The summed E-state index contributed by atoms with van der Waals surface area (Å²) in [5.41, 5.74) is 5.08. The maximum absolute atomic E-state index is 11.0. The van der Waals surface area contributed by atoms with Gasteiger partial charge in [0.15, 0.2) is 5.16 Å². The van der Waals surface area contributed by atoms with E-state index in [2.05, 4.69) is 14.7 Å². The number of aromatic nitrogens is 2. The number of thioether (sulfide) groups is 1. The third-order valence-corrected chi connectivity index (χ3v) is 2.39. The van der Waals surface area contributed by atoms with Gasteiger partial charge >= 0.3 is 5.97 Å². The van der Waals surface area contributed by atoms with E-state index in [0.717, 1.165) is 0 Å². The number of esters is 1. The predicted molar refractivity (Wildman–Crippen MR) is 56.6 cm³/mol. The largest absolute Gasteiger partial charge is 0.469 e. The maximum Gasteiger partial charge on any atom is 0.306 e. The Bertz CT molecular complexity index is 404. The molecule has 0 aliphatic heterocycles. The van der Waals surface area contributed by atoms with Gasteiger partial charge in [0.2, 0.25) is 0 Å². The molecule has 0 radical (unpaired) electrons. The van der Waals surface area contributed by atoms with Gasteiger partial charge < -0.3 is 15.5 Å². The van der Waals surface area contributed by atoms with Crippen molar-refractivity contribution in [3.63, 3.8) is 0 Å². The van der Waals surface area contributed by atoms with E-state index in [-0.39, 0.29) is 23.8 Å². The summed E-state index contributed by atoms with van der Waals surface area (Å²) in [6.07, 6.45) is 0.264. The number of aromatic amines is 1. The molecule has 0 saturated heterocycles. The molecular weight excluding hydrogens is 218 g/mol. The Morgan fingerprint density at radius 3 is 3.07 bits per heavy atom. The number of ether oxygens (including phenoxy) is 1. The van der Waals surface area contributed by atoms with Gasteiger partial charge in [-0.05, 0) is 0 Å². The van der Waals surface area contributed by atoms with E-state index in [4.69, 9.17) is 5.73 Å². The molecule has 1 aromatic rings. The van der Waals surface area contributed by atoms with Gasteiger partial charge in [0.05, 0.1) is 13.5 Å². The molecule has 0 bridgehead atoms. The first-order chi connectivity index (χ1) is 7.11. The van der Waals surface area contributed by atoms with Crippen molar-refractivity contribution in [3.05, 3.63) is 16.4 Å². The normalized spacial score (nSPS) is 9.93. The number of hydrogen-bond donors (Lipinski definition) is 2. The molecule has 0 aromatic carbocycles. The molecule has 0 unspecified atom stereocenters. The molecule has 1 aromatic heterocycles. The van der Waals surface area contributed by atoms with Crippen molar-refractivity contribution in [2.75, 3.05) is 18.6 Å². The fourth-order valence-electron chi connectivity index (χ4n) is 0.855. The maximum atomic E-state index is 11.0. The Morgan fingerprint density at radius 1 is 1.73 bits per heavy atom. The lowest BCUT2D eigenvalue weighted by atomic mass is 10.5. The summed E-state index contributed by atoms with van der Waals surface area (Å²) in [5, 5.41) is 0.406. The first-order valence-electron chi connectivity index (χ1n) is 4.18. The molecule has 0 aliphatic rings. The van der Waals surface area contributed by atoms with Gasteiger partial charge in [0.25, 0.3) is 5.56 Å². The molecule has 1 rings (SSSR count). The van der Waals surface area contributed by atoms with Crippen molar-refractivity contribution in [2.24, 2.45) is 0 Å². The molecule has 0 amide bonds. The van der Waals surface area contributed by atoms with E-state index in [1.165, 1.54) is 24.9 Å². The second kappa shape index (κ2) is 5.40. The van der Waals surface area contributed by atoms with E-state index in [0.29, 0.717) is 10.9 Å². The van der Waals surface area contributed by atoms with Crippen molar-refractivity contribution >= 4 is 23.5 Å². The summed E-state index contributed by atoms with van der Waals surface area (Å²) >= 11 is 1.24. The second-order valence-electron chi connectivity index (χ2n) is 2.65. The van der Waals surface area contributed by atoms with Crippen LogP contribution in [0.15, 0.2) is 16.0 Å². The Balaban J connectivity index is 2.51. The lowest BCUT2D eigenvalue weighted by Crippen LogP contribution is -2.10. The van der Waals surface area contributed by atoms with E-state index in [1.54, 1.807) is 0 Å². The van der Waals surface area contributed by atoms with Crippen LogP contribution in [-0.2, 0) is 9.53 Å². The zero-order valence-electron chi connectivity index (χ0n) is 8.15. The van der Waals surface area contributed by atoms with Gasteiger partial charge in [-0.25, -0.2) is 4.98 Å². The summed E-state index contributed by atoms with van der Waals surface area (Å²) in [6, 6.07) is 1.20. The number of carbonyl (C=O) groups is 1. The molecule has 7 heteroatoms. The lowest BCUT2D eigenvalue weighted by Gasteiger charge is -2.00. The van der Waals surface area contributed by atoms with E-state index in [1.807, 2.05) is 0 Å². The third kappa shape index (κ3) is 4.03. The number of H-pyrrole nitrogens is 1. The number of nitrogens with one attached hydrogen (secondary N) is 1. The Hall–Kier alpha value is -1.50. The van der Waals surface area contributed by atoms with Crippen molar-refractivity contribution in [1.82, 2.24) is 9.97 Å². The number of hydrogen-bond acceptors (Lipinski definition) is 6. The van der Waals surface area contributed by atoms with Gasteiger partial charge in [-0.1, -0.05) is 11.8 Å². The van der Waals surface area contributed by atoms with Gasteiger partial charge in [-0.15, -0.1) is 0 Å². The molecule has 0 fully saturated rings. The molecule has 0 atom stereocenters. The van der Waals surface area contributed by atoms with Crippen LogP contribution in [0.4, 0.5) is 5.82 Å².